The van der Waals surface area contributed by atoms with Crippen LogP contribution in [0.4, 0.5) is 0 Å². The molecule has 0 spiro atoms. The van der Waals surface area contributed by atoms with Gasteiger partial charge in [0.25, 0.3) is 0 Å². The topological polar surface area (TPSA) is 21.3 Å². The van der Waals surface area contributed by atoms with Gasteiger partial charge in [-0.15, -0.1) is 0 Å². The van der Waals surface area contributed by atoms with Gasteiger partial charge in [0.2, 0.25) is 0 Å². The van der Waals surface area contributed by atoms with Gasteiger partial charge in [-0.2, -0.15) is 0 Å². The van der Waals surface area contributed by atoms with Crippen LogP contribution in [0, 0.1) is 5.92 Å². The van der Waals surface area contributed by atoms with Gasteiger partial charge in [0.15, 0.2) is 0 Å². The number of rotatable bonds is 6. The molecule has 0 amide bonds. The highest BCUT2D eigenvalue weighted by Gasteiger charge is 2.38. The maximum Gasteiger partial charge on any atom is 0.119 e. The van der Waals surface area contributed by atoms with Crippen molar-refractivity contribution in [1.82, 2.24) is 5.32 Å². The van der Waals surface area contributed by atoms with Crippen LogP contribution in [-0.2, 0) is 0 Å². The molecule has 0 saturated heterocycles. The van der Waals surface area contributed by atoms with Crippen molar-refractivity contribution in [3.05, 3.63) is 64.7 Å². The lowest BCUT2D eigenvalue weighted by Gasteiger charge is -2.15. The van der Waals surface area contributed by atoms with E-state index in [0.717, 1.165) is 17.3 Å². The lowest BCUT2D eigenvalue weighted by molar-refractivity contribution is 0.413. The summed E-state index contributed by atoms with van der Waals surface area (Å²) in [5.74, 6) is 2.28. The lowest BCUT2D eigenvalue weighted by atomic mass is 10.1. The van der Waals surface area contributed by atoms with Crippen LogP contribution in [0.3, 0.4) is 0 Å². The van der Waals surface area contributed by atoms with Crippen LogP contribution in [0.2, 0.25) is 5.02 Å². The second kappa shape index (κ2) is 6.72. The van der Waals surface area contributed by atoms with E-state index >= 15 is 0 Å². The molecule has 1 aliphatic rings. The molecule has 1 saturated carbocycles. The van der Waals surface area contributed by atoms with Crippen LogP contribution in [0.5, 0.6) is 5.75 Å². The molecular weight excluding hydrogens is 294 g/mol. The zero-order chi connectivity index (χ0) is 15.5. The summed E-state index contributed by atoms with van der Waals surface area (Å²) in [4.78, 5) is 0. The van der Waals surface area contributed by atoms with E-state index in [4.69, 9.17) is 16.3 Å². The fourth-order valence-corrected chi connectivity index (χ4v) is 3.17. The Bertz CT molecular complexity index is 643. The summed E-state index contributed by atoms with van der Waals surface area (Å²) in [6.07, 6.45) is 1.25. The molecule has 2 aromatic carbocycles. The van der Waals surface area contributed by atoms with Crippen molar-refractivity contribution in [2.45, 2.75) is 25.3 Å². The molecule has 0 aromatic heterocycles. The highest BCUT2D eigenvalue weighted by atomic mass is 35.5. The monoisotopic (exact) mass is 315 g/mol. The summed E-state index contributed by atoms with van der Waals surface area (Å²) in [6.45, 7) is 3.24. The summed E-state index contributed by atoms with van der Waals surface area (Å²) < 4.78 is 5.29. The number of nitrogens with one attached hydrogen (secondary N) is 1. The average molecular weight is 316 g/mol. The Morgan fingerprint density at radius 2 is 2.05 bits per heavy atom. The summed E-state index contributed by atoms with van der Waals surface area (Å²) in [7, 11) is 1.71. The third kappa shape index (κ3) is 3.63. The first kappa shape index (κ1) is 15.4. The summed E-state index contributed by atoms with van der Waals surface area (Å²) >= 11 is 6.07. The Hall–Kier alpha value is -1.51. The Morgan fingerprint density at radius 3 is 2.82 bits per heavy atom. The molecule has 116 valence electrons. The molecular formula is C19H22ClNO. The number of benzene rings is 2. The summed E-state index contributed by atoms with van der Waals surface area (Å²) in [6, 6.07) is 16.8. The fourth-order valence-electron chi connectivity index (χ4n) is 2.98. The molecule has 3 rings (SSSR count). The van der Waals surface area contributed by atoms with Crippen molar-refractivity contribution in [2.24, 2.45) is 5.92 Å². The SMILES string of the molecule is COc1cccc([C@@H](C)NCC2CC2c2cccc(Cl)c2)c1. The van der Waals surface area contributed by atoms with Crippen molar-refractivity contribution < 1.29 is 4.74 Å². The van der Waals surface area contributed by atoms with Gasteiger partial charge in [-0.1, -0.05) is 35.9 Å². The van der Waals surface area contributed by atoms with Gasteiger partial charge in [0.1, 0.15) is 5.75 Å². The third-order valence-electron chi connectivity index (χ3n) is 4.48. The first-order valence-electron chi connectivity index (χ1n) is 7.80. The zero-order valence-corrected chi connectivity index (χ0v) is 13.8. The number of methoxy groups -OCH3 is 1. The van der Waals surface area contributed by atoms with Gasteiger partial charge in [0.05, 0.1) is 7.11 Å². The van der Waals surface area contributed by atoms with E-state index in [-0.39, 0.29) is 0 Å². The largest absolute Gasteiger partial charge is 0.497 e. The quantitative estimate of drug-likeness (QED) is 0.826. The van der Waals surface area contributed by atoms with Crippen LogP contribution in [0.25, 0.3) is 0 Å². The maximum atomic E-state index is 6.07. The molecule has 0 heterocycles. The van der Waals surface area contributed by atoms with Crippen LogP contribution in [-0.4, -0.2) is 13.7 Å². The molecule has 0 aliphatic heterocycles. The van der Waals surface area contributed by atoms with E-state index in [1.54, 1.807) is 7.11 Å². The van der Waals surface area contributed by atoms with E-state index in [0.29, 0.717) is 17.9 Å². The van der Waals surface area contributed by atoms with Crippen LogP contribution >= 0.6 is 11.6 Å². The van der Waals surface area contributed by atoms with Crippen LogP contribution < -0.4 is 10.1 Å². The second-order valence-corrected chi connectivity index (χ2v) is 6.50. The minimum Gasteiger partial charge on any atom is -0.497 e. The smallest absolute Gasteiger partial charge is 0.119 e. The minimum atomic E-state index is 0.329. The molecule has 3 atom stereocenters. The fraction of sp³-hybridized carbons (Fsp3) is 0.368. The van der Waals surface area contributed by atoms with Gasteiger partial charge < -0.3 is 10.1 Å². The molecule has 1 fully saturated rings. The van der Waals surface area contributed by atoms with Gasteiger partial charge >= 0.3 is 0 Å². The van der Waals surface area contributed by atoms with Crippen molar-refractivity contribution in [3.8, 4) is 5.75 Å². The first-order valence-corrected chi connectivity index (χ1v) is 8.18. The number of hydrogen-bond acceptors (Lipinski definition) is 2. The molecule has 0 radical (unpaired) electrons. The molecule has 2 unspecified atom stereocenters. The number of halogens is 1. The van der Waals surface area contributed by atoms with Gasteiger partial charge in [-0.05, 0) is 67.1 Å². The number of hydrogen-bond donors (Lipinski definition) is 1. The Labute approximate surface area is 137 Å². The predicted octanol–water partition coefficient (Wildman–Crippen LogP) is 4.80. The minimum absolute atomic E-state index is 0.329. The van der Waals surface area contributed by atoms with Crippen molar-refractivity contribution in [3.63, 3.8) is 0 Å². The van der Waals surface area contributed by atoms with Crippen molar-refractivity contribution >= 4 is 11.6 Å². The van der Waals surface area contributed by atoms with Gasteiger partial charge in [0, 0.05) is 11.1 Å². The molecule has 0 bridgehead atoms. The molecule has 2 nitrogen and oxygen atoms in total. The summed E-state index contributed by atoms with van der Waals surface area (Å²) in [5, 5.41) is 4.47. The molecule has 1 aliphatic carbocycles. The maximum absolute atomic E-state index is 6.07. The number of ether oxygens (including phenoxy) is 1. The standard InChI is InChI=1S/C19H22ClNO/c1-13(14-5-4-8-18(10-14)22-2)21-12-16-11-19(16)15-6-3-7-17(20)9-15/h3-10,13,16,19,21H,11-12H2,1-2H3/t13-,16?,19?/m1/s1. The third-order valence-corrected chi connectivity index (χ3v) is 4.71. The predicted molar refractivity (Wildman–Crippen MR) is 91.7 cm³/mol. The Balaban J connectivity index is 1.53. The van der Waals surface area contributed by atoms with Gasteiger partial charge in [-0.25, -0.2) is 0 Å². The molecule has 3 heteroatoms. The van der Waals surface area contributed by atoms with E-state index in [2.05, 4.69) is 36.5 Å². The van der Waals surface area contributed by atoms with Crippen LogP contribution in [0.15, 0.2) is 48.5 Å². The van der Waals surface area contributed by atoms with E-state index in [1.165, 1.54) is 17.5 Å². The van der Waals surface area contributed by atoms with Crippen molar-refractivity contribution in [1.29, 1.82) is 0 Å². The van der Waals surface area contributed by atoms with Crippen molar-refractivity contribution in [2.75, 3.05) is 13.7 Å². The molecule has 22 heavy (non-hydrogen) atoms. The molecule has 2 aromatic rings. The second-order valence-electron chi connectivity index (χ2n) is 6.06. The average Bonchev–Trinajstić information content (AvgIpc) is 3.32. The van der Waals surface area contributed by atoms with E-state index in [1.807, 2.05) is 24.3 Å². The summed E-state index contributed by atoms with van der Waals surface area (Å²) in [5.41, 5.74) is 2.63. The highest BCUT2D eigenvalue weighted by molar-refractivity contribution is 6.30. The van der Waals surface area contributed by atoms with Gasteiger partial charge in [-0.3, -0.25) is 0 Å². The lowest BCUT2D eigenvalue weighted by Crippen LogP contribution is -2.21. The Morgan fingerprint density at radius 1 is 1.23 bits per heavy atom. The first-order chi connectivity index (χ1) is 10.7. The van der Waals surface area contributed by atoms with E-state index in [9.17, 15) is 0 Å². The molecule has 1 N–H and O–H groups in total. The highest BCUT2D eigenvalue weighted by Crippen LogP contribution is 2.47. The normalized spacial score (nSPS) is 21.4. The van der Waals surface area contributed by atoms with Crippen LogP contribution in [0.1, 0.15) is 36.4 Å². The van der Waals surface area contributed by atoms with E-state index < -0.39 is 0 Å². The Kier molecular flexibility index (Phi) is 4.70. The zero-order valence-electron chi connectivity index (χ0n) is 13.1.